The summed E-state index contributed by atoms with van der Waals surface area (Å²) < 4.78 is 99.2. The van der Waals surface area contributed by atoms with Crippen LogP contribution in [-0.2, 0) is 30.4 Å². The van der Waals surface area contributed by atoms with Crippen LogP contribution in [0, 0.1) is 0 Å². The summed E-state index contributed by atoms with van der Waals surface area (Å²) in [5, 5.41) is 21.0. The minimum absolute atomic E-state index is 0.330. The van der Waals surface area contributed by atoms with Gasteiger partial charge in [0.05, 0.1) is 10.6 Å². The molecule has 0 aliphatic carbocycles. The van der Waals surface area contributed by atoms with Crippen LogP contribution in [0.15, 0.2) is 45.0 Å². The van der Waals surface area contributed by atoms with Crippen LogP contribution in [0.2, 0.25) is 0 Å². The Labute approximate surface area is 173 Å². The molecule has 3 rings (SSSR count). The quantitative estimate of drug-likeness (QED) is 0.297. The lowest BCUT2D eigenvalue weighted by molar-refractivity contribution is 0.0689. The molecule has 2 aromatic carbocycles. The first-order valence-electron chi connectivity index (χ1n) is 7.57. The van der Waals surface area contributed by atoms with Crippen LogP contribution in [0.4, 0.5) is 0 Å². The van der Waals surface area contributed by atoms with Crippen LogP contribution in [0.1, 0.15) is 10.5 Å². The fourth-order valence-corrected chi connectivity index (χ4v) is 4.77. The van der Waals surface area contributed by atoms with Crippen molar-refractivity contribution in [3.8, 4) is 11.6 Å². The molecule has 0 aliphatic rings. The molecule has 0 atom stereocenters. The second-order valence-electron chi connectivity index (χ2n) is 5.99. The number of hydrogen-bond acceptors (Lipinski definition) is 9. The van der Waals surface area contributed by atoms with E-state index in [2.05, 4.69) is 5.10 Å². The first-order chi connectivity index (χ1) is 14.0. The third-order valence-electron chi connectivity index (χ3n) is 3.96. The number of aromatic carboxylic acids is 1. The molecule has 3 aromatic rings. The number of hydrogen-bond donors (Lipinski definition) is 5. The molecule has 17 heteroatoms. The predicted molar refractivity (Wildman–Crippen MR) is 99.1 cm³/mol. The van der Waals surface area contributed by atoms with Gasteiger partial charge in [-0.2, -0.15) is 30.4 Å². The molecule has 0 spiro atoms. The molecule has 166 valence electrons. The Morgan fingerprint density at radius 2 is 1.29 bits per heavy atom. The minimum atomic E-state index is -5.23. The molecule has 1 heterocycles. The summed E-state index contributed by atoms with van der Waals surface area (Å²) in [5.74, 6) is -2.39. The van der Waals surface area contributed by atoms with Gasteiger partial charge in [-0.15, -0.1) is 0 Å². The van der Waals surface area contributed by atoms with Crippen LogP contribution in [0.5, 0.6) is 5.88 Å². The van der Waals surface area contributed by atoms with Gasteiger partial charge in [-0.25, -0.2) is 9.48 Å². The van der Waals surface area contributed by atoms with Gasteiger partial charge in [-0.05, 0) is 24.3 Å². The molecule has 0 bridgehead atoms. The number of carboxylic acid groups (broad SMARTS) is 1. The van der Waals surface area contributed by atoms with Crippen molar-refractivity contribution in [2.45, 2.75) is 14.7 Å². The second-order valence-corrected chi connectivity index (χ2v) is 10.2. The first-order valence-corrected chi connectivity index (χ1v) is 11.9. The number of aromatic nitrogens is 2. The van der Waals surface area contributed by atoms with Gasteiger partial charge in [-0.3, -0.25) is 13.7 Å². The van der Waals surface area contributed by atoms with Crippen LogP contribution < -0.4 is 0 Å². The van der Waals surface area contributed by atoms with Crippen molar-refractivity contribution in [2.75, 3.05) is 0 Å². The minimum Gasteiger partial charge on any atom is -0.493 e. The smallest absolute Gasteiger partial charge is 0.356 e. The van der Waals surface area contributed by atoms with Crippen LogP contribution in [-0.4, -0.2) is 64.9 Å². The van der Waals surface area contributed by atoms with E-state index in [1.165, 1.54) is 0 Å². The van der Waals surface area contributed by atoms with Crippen LogP contribution >= 0.6 is 0 Å². The van der Waals surface area contributed by atoms with E-state index < -0.39 is 79.0 Å². The molecule has 1 aromatic heterocycles. The van der Waals surface area contributed by atoms with Crippen molar-refractivity contribution in [1.29, 1.82) is 0 Å². The van der Waals surface area contributed by atoms with E-state index in [-0.39, 0.29) is 0 Å². The average Bonchev–Trinajstić information content (AvgIpc) is 2.99. The number of nitrogens with zero attached hydrogens (tertiary/aromatic N) is 2. The molecule has 0 saturated carbocycles. The maximum Gasteiger partial charge on any atom is 0.356 e. The molecule has 0 fully saturated rings. The zero-order chi connectivity index (χ0) is 23.5. The van der Waals surface area contributed by atoms with Crippen molar-refractivity contribution in [1.82, 2.24) is 9.78 Å². The summed E-state index contributed by atoms with van der Waals surface area (Å²) in [6, 6.07) is 2.98. The summed E-state index contributed by atoms with van der Waals surface area (Å²) in [4.78, 5) is 7.66. The standard InChI is InChI=1S/C14H10N2O12S3/c17-13-5-10(14(18)19)15-16(13)6-1-8-9(11(2-6)30(23,24)25)3-7(29(20,21)22)4-12(8)31(26,27)28/h1-5,17H,(H,18,19)(H,20,21,22)(H,23,24,25)(H,26,27,28). The van der Waals surface area contributed by atoms with Crippen molar-refractivity contribution >= 4 is 47.1 Å². The SMILES string of the molecule is O=C(O)c1cc(O)n(-c2cc(S(=O)(=O)O)c3cc(S(=O)(=O)O)cc(S(=O)(=O)O)c3c2)n1. The summed E-state index contributed by atoms with van der Waals surface area (Å²) in [7, 11) is -15.5. The number of fused-ring (bicyclic) bond motifs is 1. The van der Waals surface area contributed by atoms with Crippen molar-refractivity contribution in [2.24, 2.45) is 0 Å². The van der Waals surface area contributed by atoms with Gasteiger partial charge in [-0.1, -0.05) is 0 Å². The van der Waals surface area contributed by atoms with E-state index in [9.17, 15) is 48.8 Å². The zero-order valence-electron chi connectivity index (χ0n) is 14.6. The fraction of sp³-hybridized carbons (Fsp3) is 0. The van der Waals surface area contributed by atoms with Crippen molar-refractivity contribution < 1.29 is 53.9 Å². The largest absolute Gasteiger partial charge is 0.493 e. The summed E-state index contributed by atoms with van der Waals surface area (Å²) in [5.41, 5.74) is -1.16. The second kappa shape index (κ2) is 6.97. The zero-order valence-corrected chi connectivity index (χ0v) is 17.0. The number of carboxylic acids is 1. The molecule has 31 heavy (non-hydrogen) atoms. The highest BCUT2D eigenvalue weighted by Gasteiger charge is 2.26. The predicted octanol–water partition coefficient (Wildman–Crippen LogP) is 0.169. The lowest BCUT2D eigenvalue weighted by atomic mass is 10.1. The average molecular weight is 494 g/mol. The fourth-order valence-electron chi connectivity index (χ4n) is 2.72. The number of rotatable bonds is 5. The Morgan fingerprint density at radius 3 is 1.74 bits per heavy atom. The van der Waals surface area contributed by atoms with Crippen LogP contribution in [0.3, 0.4) is 0 Å². The van der Waals surface area contributed by atoms with Gasteiger partial charge in [0.15, 0.2) is 5.69 Å². The topological polar surface area (TPSA) is 238 Å². The Morgan fingerprint density at radius 1 is 0.774 bits per heavy atom. The number of benzene rings is 2. The lowest BCUT2D eigenvalue weighted by Gasteiger charge is -2.13. The van der Waals surface area contributed by atoms with E-state index in [0.29, 0.717) is 28.9 Å². The molecule has 0 radical (unpaired) electrons. The Bertz CT molecular complexity index is 1580. The summed E-state index contributed by atoms with van der Waals surface area (Å²) in [6.07, 6.45) is 0. The van der Waals surface area contributed by atoms with Gasteiger partial charge >= 0.3 is 5.97 Å². The van der Waals surface area contributed by atoms with Gasteiger partial charge in [0.25, 0.3) is 30.4 Å². The van der Waals surface area contributed by atoms with Gasteiger partial charge in [0, 0.05) is 16.8 Å². The summed E-state index contributed by atoms with van der Waals surface area (Å²) in [6.45, 7) is 0. The highest BCUT2D eigenvalue weighted by atomic mass is 32.2. The summed E-state index contributed by atoms with van der Waals surface area (Å²) >= 11 is 0. The highest BCUT2D eigenvalue weighted by molar-refractivity contribution is 7.87. The lowest BCUT2D eigenvalue weighted by Crippen LogP contribution is -2.09. The third kappa shape index (κ3) is 4.22. The third-order valence-corrected chi connectivity index (χ3v) is 6.58. The monoisotopic (exact) mass is 494 g/mol. The van der Waals surface area contributed by atoms with E-state index in [1.54, 1.807) is 0 Å². The van der Waals surface area contributed by atoms with E-state index >= 15 is 0 Å². The van der Waals surface area contributed by atoms with Gasteiger partial charge in [0.2, 0.25) is 5.88 Å². The van der Waals surface area contributed by atoms with Gasteiger partial charge < -0.3 is 10.2 Å². The molecule has 0 amide bonds. The molecule has 0 aliphatic heterocycles. The maximum atomic E-state index is 11.9. The Hall–Kier alpha value is -3.09. The van der Waals surface area contributed by atoms with Crippen molar-refractivity contribution in [3.63, 3.8) is 0 Å². The van der Waals surface area contributed by atoms with Crippen molar-refractivity contribution in [3.05, 3.63) is 36.0 Å². The normalized spacial score (nSPS) is 12.9. The molecule has 5 N–H and O–H groups in total. The first kappa shape index (κ1) is 22.6. The molecule has 0 saturated heterocycles. The number of carbonyl (C=O) groups is 1. The number of aromatic hydroxyl groups is 1. The molecular weight excluding hydrogens is 484 g/mol. The Kier molecular flexibility index (Phi) is 5.08. The molecule has 0 unspecified atom stereocenters. The van der Waals surface area contributed by atoms with E-state index in [0.717, 1.165) is 6.07 Å². The Balaban J connectivity index is 2.58. The highest BCUT2D eigenvalue weighted by Crippen LogP contribution is 2.34. The maximum absolute atomic E-state index is 11.9. The van der Waals surface area contributed by atoms with E-state index in [1.807, 2.05) is 0 Å². The van der Waals surface area contributed by atoms with Crippen LogP contribution in [0.25, 0.3) is 16.5 Å². The molecule has 14 nitrogen and oxygen atoms in total. The molecular formula is C14H10N2O12S3. The van der Waals surface area contributed by atoms with Gasteiger partial charge in [0.1, 0.15) is 9.79 Å². The van der Waals surface area contributed by atoms with E-state index in [4.69, 9.17) is 5.11 Å².